The van der Waals surface area contributed by atoms with Crippen molar-refractivity contribution in [2.24, 2.45) is 5.73 Å². The van der Waals surface area contributed by atoms with Gasteiger partial charge in [-0.1, -0.05) is 30.3 Å². The van der Waals surface area contributed by atoms with Crippen LogP contribution < -0.4 is 16.7 Å². The van der Waals surface area contributed by atoms with E-state index in [2.05, 4.69) is 5.32 Å². The topological polar surface area (TPSA) is 126 Å². The fraction of sp³-hybridized carbons (Fsp3) is 0.192. The standard InChI is InChI=1S/C26H25N3O5S/c1-16-13-23(30)34-22-14-19(8-9-21(16)22)24(31)17-4-6-18(7-5-17)25(32)28-10-11-29(26(27)33)15-20-3-2-12-35-20/h2-9,12-14,24,31H,10-11,15H2,1H3,(H2,27,33)(H,28,32). The number of aliphatic hydroxyl groups is 1. The Balaban J connectivity index is 1.38. The number of nitrogens with zero attached hydrogens (tertiary/aromatic N) is 1. The molecule has 0 aliphatic heterocycles. The number of hydrogen-bond acceptors (Lipinski definition) is 6. The van der Waals surface area contributed by atoms with Crippen molar-refractivity contribution in [1.29, 1.82) is 0 Å². The highest BCUT2D eigenvalue weighted by atomic mass is 32.1. The number of aryl methyl sites for hydroxylation is 1. The summed E-state index contributed by atoms with van der Waals surface area (Å²) in [4.78, 5) is 38.4. The molecule has 0 fully saturated rings. The number of aliphatic hydroxyl groups excluding tert-OH is 1. The molecule has 0 aliphatic rings. The first-order valence-electron chi connectivity index (χ1n) is 11.0. The molecular formula is C26H25N3O5S. The van der Waals surface area contributed by atoms with E-state index in [1.807, 2.05) is 30.5 Å². The van der Waals surface area contributed by atoms with Crippen molar-refractivity contribution in [2.75, 3.05) is 13.1 Å². The molecule has 9 heteroatoms. The molecule has 35 heavy (non-hydrogen) atoms. The Morgan fingerprint density at radius 3 is 2.54 bits per heavy atom. The Morgan fingerprint density at radius 1 is 1.11 bits per heavy atom. The van der Waals surface area contributed by atoms with Crippen LogP contribution in [0.2, 0.25) is 0 Å². The number of fused-ring (bicyclic) bond motifs is 1. The second-order valence-electron chi connectivity index (χ2n) is 8.12. The van der Waals surface area contributed by atoms with E-state index in [1.165, 1.54) is 22.3 Å². The van der Waals surface area contributed by atoms with E-state index in [0.717, 1.165) is 15.8 Å². The summed E-state index contributed by atoms with van der Waals surface area (Å²) in [6.45, 7) is 2.76. The first-order valence-corrected chi connectivity index (χ1v) is 11.9. The van der Waals surface area contributed by atoms with Crippen LogP contribution in [0.5, 0.6) is 0 Å². The van der Waals surface area contributed by atoms with Crippen LogP contribution in [0.3, 0.4) is 0 Å². The minimum absolute atomic E-state index is 0.249. The molecule has 0 aliphatic carbocycles. The van der Waals surface area contributed by atoms with Gasteiger partial charge in [0, 0.05) is 35.0 Å². The van der Waals surface area contributed by atoms with E-state index in [4.69, 9.17) is 10.2 Å². The molecule has 1 atom stereocenters. The summed E-state index contributed by atoms with van der Waals surface area (Å²) in [6.07, 6.45) is -0.955. The molecule has 0 saturated heterocycles. The van der Waals surface area contributed by atoms with Crippen molar-refractivity contribution >= 4 is 34.2 Å². The Labute approximate surface area is 205 Å². The lowest BCUT2D eigenvalue weighted by molar-refractivity contribution is 0.0949. The number of nitrogens with one attached hydrogen (secondary N) is 1. The van der Waals surface area contributed by atoms with E-state index in [0.29, 0.717) is 28.8 Å². The molecule has 0 radical (unpaired) electrons. The fourth-order valence-corrected chi connectivity index (χ4v) is 4.50. The van der Waals surface area contributed by atoms with Crippen LogP contribution in [0.25, 0.3) is 11.0 Å². The second kappa shape index (κ2) is 10.5. The highest BCUT2D eigenvalue weighted by molar-refractivity contribution is 7.09. The molecule has 0 bridgehead atoms. The summed E-state index contributed by atoms with van der Waals surface area (Å²) >= 11 is 1.53. The lowest BCUT2D eigenvalue weighted by Gasteiger charge is -2.20. The Bertz CT molecular complexity index is 1400. The zero-order chi connectivity index (χ0) is 24.9. The van der Waals surface area contributed by atoms with Crippen LogP contribution in [-0.2, 0) is 6.54 Å². The number of nitrogens with two attached hydrogens (primary N) is 1. The average molecular weight is 492 g/mol. The highest BCUT2D eigenvalue weighted by Crippen LogP contribution is 2.26. The number of rotatable bonds is 8. The number of primary amides is 1. The van der Waals surface area contributed by atoms with Crippen molar-refractivity contribution in [3.63, 3.8) is 0 Å². The molecule has 2 aromatic heterocycles. The monoisotopic (exact) mass is 491 g/mol. The van der Waals surface area contributed by atoms with Gasteiger partial charge in [0.15, 0.2) is 0 Å². The molecule has 180 valence electrons. The molecule has 4 aromatic rings. The second-order valence-corrected chi connectivity index (χ2v) is 9.16. The predicted octanol–water partition coefficient (Wildman–Crippen LogP) is 3.56. The zero-order valence-electron chi connectivity index (χ0n) is 19.1. The van der Waals surface area contributed by atoms with Gasteiger partial charge in [-0.3, -0.25) is 4.79 Å². The van der Waals surface area contributed by atoms with Crippen LogP contribution in [0.15, 0.2) is 75.3 Å². The Kier molecular flexibility index (Phi) is 7.28. The third-order valence-electron chi connectivity index (χ3n) is 5.69. The van der Waals surface area contributed by atoms with Crippen molar-refractivity contribution in [3.8, 4) is 0 Å². The first kappa shape index (κ1) is 24.2. The van der Waals surface area contributed by atoms with Gasteiger partial charge in [0.25, 0.3) is 5.91 Å². The number of hydrogen-bond donors (Lipinski definition) is 3. The van der Waals surface area contributed by atoms with Gasteiger partial charge in [-0.05, 0) is 53.3 Å². The van der Waals surface area contributed by atoms with E-state index >= 15 is 0 Å². The molecule has 1 unspecified atom stereocenters. The maximum atomic E-state index is 12.5. The van der Waals surface area contributed by atoms with E-state index in [9.17, 15) is 19.5 Å². The maximum absolute atomic E-state index is 12.5. The van der Waals surface area contributed by atoms with E-state index in [1.54, 1.807) is 36.4 Å². The van der Waals surface area contributed by atoms with Crippen LogP contribution in [0, 0.1) is 6.92 Å². The van der Waals surface area contributed by atoms with Crippen LogP contribution in [-0.4, -0.2) is 35.0 Å². The molecule has 3 amide bonds. The molecule has 4 N–H and O–H groups in total. The number of amides is 3. The largest absolute Gasteiger partial charge is 0.423 e. The summed E-state index contributed by atoms with van der Waals surface area (Å²) in [6, 6.07) is 16.5. The van der Waals surface area contributed by atoms with Gasteiger partial charge in [-0.15, -0.1) is 11.3 Å². The molecule has 0 spiro atoms. The van der Waals surface area contributed by atoms with Crippen molar-refractivity contribution in [1.82, 2.24) is 10.2 Å². The molecule has 2 aromatic carbocycles. The highest BCUT2D eigenvalue weighted by Gasteiger charge is 2.15. The van der Waals surface area contributed by atoms with Gasteiger partial charge >= 0.3 is 11.7 Å². The Morgan fingerprint density at radius 2 is 1.86 bits per heavy atom. The van der Waals surface area contributed by atoms with Gasteiger partial charge in [0.2, 0.25) is 0 Å². The maximum Gasteiger partial charge on any atom is 0.336 e. The summed E-state index contributed by atoms with van der Waals surface area (Å²) in [5.74, 6) is -0.297. The molecule has 2 heterocycles. The lowest BCUT2D eigenvalue weighted by atomic mass is 9.98. The Hall–Kier alpha value is -3.95. The smallest absolute Gasteiger partial charge is 0.336 e. The minimum Gasteiger partial charge on any atom is -0.423 e. The van der Waals surface area contributed by atoms with Crippen molar-refractivity contribution in [3.05, 3.63) is 104 Å². The molecular weight excluding hydrogens is 466 g/mol. The number of carbonyl (C=O) groups excluding carboxylic acids is 2. The minimum atomic E-state index is -0.955. The summed E-state index contributed by atoms with van der Waals surface area (Å²) < 4.78 is 5.27. The van der Waals surface area contributed by atoms with Gasteiger partial charge in [-0.2, -0.15) is 0 Å². The van der Waals surface area contributed by atoms with E-state index in [-0.39, 0.29) is 19.0 Å². The first-order chi connectivity index (χ1) is 16.8. The summed E-state index contributed by atoms with van der Waals surface area (Å²) in [7, 11) is 0. The van der Waals surface area contributed by atoms with Crippen molar-refractivity contribution < 1.29 is 19.1 Å². The number of carbonyl (C=O) groups is 2. The quantitative estimate of drug-likeness (QED) is 0.325. The third-order valence-corrected chi connectivity index (χ3v) is 6.55. The van der Waals surface area contributed by atoms with Crippen LogP contribution in [0.1, 0.15) is 38.0 Å². The average Bonchev–Trinajstić information content (AvgIpc) is 3.35. The van der Waals surface area contributed by atoms with Crippen LogP contribution >= 0.6 is 11.3 Å². The lowest BCUT2D eigenvalue weighted by Crippen LogP contribution is -2.40. The van der Waals surface area contributed by atoms with E-state index < -0.39 is 17.8 Å². The zero-order valence-corrected chi connectivity index (χ0v) is 19.9. The molecule has 4 rings (SSSR count). The number of urea groups is 1. The van der Waals surface area contributed by atoms with Gasteiger partial charge in [0.05, 0.1) is 6.54 Å². The fourth-order valence-electron chi connectivity index (χ4n) is 3.79. The normalized spacial score (nSPS) is 11.8. The van der Waals surface area contributed by atoms with Gasteiger partial charge in [0.1, 0.15) is 11.7 Å². The number of thiophene rings is 1. The molecule has 8 nitrogen and oxygen atoms in total. The summed E-state index contributed by atoms with van der Waals surface area (Å²) in [5, 5.41) is 16.3. The molecule has 0 saturated carbocycles. The summed E-state index contributed by atoms with van der Waals surface area (Å²) in [5.41, 5.74) is 7.80. The SMILES string of the molecule is Cc1cc(=O)oc2cc(C(O)c3ccc(C(=O)NCCN(Cc4cccs4)C(N)=O)cc3)ccc12. The van der Waals surface area contributed by atoms with Crippen molar-refractivity contribution in [2.45, 2.75) is 19.6 Å². The van der Waals surface area contributed by atoms with Crippen LogP contribution in [0.4, 0.5) is 4.79 Å². The number of benzene rings is 2. The van der Waals surface area contributed by atoms with Gasteiger partial charge < -0.3 is 25.5 Å². The third kappa shape index (κ3) is 5.76. The van der Waals surface area contributed by atoms with Gasteiger partial charge in [-0.25, -0.2) is 9.59 Å². The predicted molar refractivity (Wildman–Crippen MR) is 134 cm³/mol.